The Hall–Kier alpha value is -4.33. The first-order valence-corrected chi connectivity index (χ1v) is 10.3. The molecule has 0 aliphatic carbocycles. The number of nitrogens with one attached hydrogen (secondary N) is 1. The summed E-state index contributed by atoms with van der Waals surface area (Å²) in [6.07, 6.45) is 0.194. The Labute approximate surface area is 189 Å². The van der Waals surface area contributed by atoms with Gasteiger partial charge in [-0.2, -0.15) is 4.98 Å². The molecule has 3 aromatic carbocycles. The lowest BCUT2D eigenvalue weighted by Gasteiger charge is -2.08. The van der Waals surface area contributed by atoms with Gasteiger partial charge in [-0.15, -0.1) is 0 Å². The van der Waals surface area contributed by atoms with E-state index in [0.29, 0.717) is 23.5 Å². The molecule has 0 aliphatic heterocycles. The molecule has 1 N–H and O–H groups in total. The average molecular weight is 445 g/mol. The van der Waals surface area contributed by atoms with E-state index < -0.39 is 5.97 Å². The number of aryl methyl sites for hydroxylation is 1. The van der Waals surface area contributed by atoms with Gasteiger partial charge in [0.2, 0.25) is 11.7 Å². The molecule has 0 unspecified atom stereocenters. The monoisotopic (exact) mass is 445 g/mol. The van der Waals surface area contributed by atoms with Crippen LogP contribution < -0.4 is 10.1 Å². The van der Waals surface area contributed by atoms with Gasteiger partial charge in [0.25, 0.3) is 5.91 Å². The third kappa shape index (κ3) is 6.10. The van der Waals surface area contributed by atoms with Crippen LogP contribution in [0.2, 0.25) is 0 Å². The van der Waals surface area contributed by atoms with Crippen molar-refractivity contribution in [3.63, 3.8) is 0 Å². The van der Waals surface area contributed by atoms with Crippen LogP contribution >= 0.6 is 0 Å². The van der Waals surface area contributed by atoms with Crippen LogP contribution in [-0.4, -0.2) is 22.0 Å². The predicted octanol–water partition coefficient (Wildman–Crippen LogP) is 4.34. The van der Waals surface area contributed by atoms with E-state index in [1.54, 1.807) is 30.3 Å². The Morgan fingerprint density at radius 3 is 2.55 bits per heavy atom. The average Bonchev–Trinajstić information content (AvgIpc) is 3.32. The van der Waals surface area contributed by atoms with Gasteiger partial charge >= 0.3 is 5.97 Å². The SMILES string of the molecule is O=C(CCc1nc(-c2ccc(F)cc2)no1)Oc1cccc(C(=O)NCc2ccccc2)c1. The van der Waals surface area contributed by atoms with Crippen LogP contribution in [0.5, 0.6) is 5.75 Å². The zero-order chi connectivity index (χ0) is 23.0. The molecule has 0 saturated heterocycles. The summed E-state index contributed by atoms with van der Waals surface area (Å²) >= 11 is 0. The summed E-state index contributed by atoms with van der Waals surface area (Å²) in [6.45, 7) is 0.397. The molecule has 1 heterocycles. The number of halogens is 1. The second-order valence-electron chi connectivity index (χ2n) is 7.19. The van der Waals surface area contributed by atoms with Crippen molar-refractivity contribution >= 4 is 11.9 Å². The molecule has 33 heavy (non-hydrogen) atoms. The normalized spacial score (nSPS) is 10.6. The Bertz CT molecular complexity index is 1240. The zero-order valence-corrected chi connectivity index (χ0v) is 17.5. The van der Waals surface area contributed by atoms with E-state index in [1.807, 2.05) is 30.3 Å². The molecule has 4 aromatic rings. The van der Waals surface area contributed by atoms with E-state index in [-0.39, 0.29) is 36.2 Å². The third-order valence-electron chi connectivity index (χ3n) is 4.74. The van der Waals surface area contributed by atoms with Crippen LogP contribution in [-0.2, 0) is 17.8 Å². The molecule has 0 aliphatic rings. The van der Waals surface area contributed by atoms with Crippen LogP contribution in [0, 0.1) is 5.82 Å². The van der Waals surface area contributed by atoms with Crippen molar-refractivity contribution in [3.05, 3.63) is 102 Å². The number of rotatable bonds is 8. The summed E-state index contributed by atoms with van der Waals surface area (Å²) in [5, 5.41) is 6.68. The number of carbonyl (C=O) groups is 2. The first-order valence-electron chi connectivity index (χ1n) is 10.3. The minimum atomic E-state index is -0.502. The lowest BCUT2D eigenvalue weighted by molar-refractivity contribution is -0.134. The Morgan fingerprint density at radius 1 is 0.970 bits per heavy atom. The van der Waals surface area contributed by atoms with Crippen molar-refractivity contribution in [3.8, 4) is 17.1 Å². The fourth-order valence-corrected chi connectivity index (χ4v) is 3.05. The number of hydrogen-bond acceptors (Lipinski definition) is 6. The Kier molecular flexibility index (Phi) is 6.84. The van der Waals surface area contributed by atoms with Crippen molar-refractivity contribution in [1.82, 2.24) is 15.5 Å². The molecule has 7 nitrogen and oxygen atoms in total. The first kappa shape index (κ1) is 21.9. The molecular weight excluding hydrogens is 425 g/mol. The maximum atomic E-state index is 13.0. The van der Waals surface area contributed by atoms with Gasteiger partial charge in [-0.05, 0) is 48.0 Å². The van der Waals surface area contributed by atoms with Crippen molar-refractivity contribution in [2.24, 2.45) is 0 Å². The number of amides is 1. The fourth-order valence-electron chi connectivity index (χ4n) is 3.05. The zero-order valence-electron chi connectivity index (χ0n) is 17.5. The second kappa shape index (κ2) is 10.3. The summed E-state index contributed by atoms with van der Waals surface area (Å²) in [4.78, 5) is 28.9. The van der Waals surface area contributed by atoms with Crippen LogP contribution in [0.1, 0.15) is 28.2 Å². The molecule has 0 saturated carbocycles. The molecule has 1 amide bonds. The van der Waals surface area contributed by atoms with Gasteiger partial charge in [0.1, 0.15) is 11.6 Å². The van der Waals surface area contributed by atoms with E-state index >= 15 is 0 Å². The van der Waals surface area contributed by atoms with Crippen LogP contribution in [0.25, 0.3) is 11.4 Å². The number of esters is 1. The number of ether oxygens (including phenoxy) is 1. The molecule has 0 radical (unpaired) electrons. The molecule has 0 atom stereocenters. The third-order valence-corrected chi connectivity index (χ3v) is 4.74. The van der Waals surface area contributed by atoms with E-state index in [2.05, 4.69) is 15.5 Å². The lowest BCUT2D eigenvalue weighted by Crippen LogP contribution is -2.22. The predicted molar refractivity (Wildman–Crippen MR) is 118 cm³/mol. The quantitative estimate of drug-likeness (QED) is 0.320. The number of aromatic nitrogens is 2. The Balaban J connectivity index is 1.29. The minimum Gasteiger partial charge on any atom is -0.426 e. The van der Waals surface area contributed by atoms with Crippen molar-refractivity contribution in [2.75, 3.05) is 0 Å². The second-order valence-corrected chi connectivity index (χ2v) is 7.19. The largest absolute Gasteiger partial charge is 0.426 e. The standard InChI is InChI=1S/C25H20FN3O4/c26-20-11-9-18(10-12-20)24-28-22(33-29-24)13-14-23(30)32-21-8-4-7-19(15-21)25(31)27-16-17-5-2-1-3-6-17/h1-12,15H,13-14,16H2,(H,27,31). The van der Waals surface area contributed by atoms with E-state index in [9.17, 15) is 14.0 Å². The smallest absolute Gasteiger partial charge is 0.311 e. The van der Waals surface area contributed by atoms with Crippen molar-refractivity contribution in [2.45, 2.75) is 19.4 Å². The Morgan fingerprint density at radius 2 is 1.76 bits per heavy atom. The summed E-state index contributed by atoms with van der Waals surface area (Å²) in [7, 11) is 0. The highest BCUT2D eigenvalue weighted by atomic mass is 19.1. The highest BCUT2D eigenvalue weighted by Gasteiger charge is 2.13. The number of hydrogen-bond donors (Lipinski definition) is 1. The molecular formula is C25H20FN3O4. The van der Waals surface area contributed by atoms with Gasteiger partial charge in [-0.25, -0.2) is 4.39 Å². The van der Waals surface area contributed by atoms with Crippen molar-refractivity contribution in [1.29, 1.82) is 0 Å². The van der Waals surface area contributed by atoms with E-state index in [1.165, 1.54) is 18.2 Å². The van der Waals surface area contributed by atoms with Gasteiger partial charge in [-0.1, -0.05) is 41.6 Å². The van der Waals surface area contributed by atoms with Gasteiger partial charge < -0.3 is 14.6 Å². The van der Waals surface area contributed by atoms with Gasteiger partial charge in [0, 0.05) is 24.1 Å². The molecule has 8 heteroatoms. The summed E-state index contributed by atoms with van der Waals surface area (Å²) in [5.41, 5.74) is 1.98. The molecule has 1 aromatic heterocycles. The maximum absolute atomic E-state index is 13.0. The van der Waals surface area contributed by atoms with Gasteiger partial charge in [-0.3, -0.25) is 9.59 Å². The summed E-state index contributed by atoms with van der Waals surface area (Å²) < 4.78 is 23.5. The van der Waals surface area contributed by atoms with Crippen molar-refractivity contribution < 1.29 is 23.2 Å². The van der Waals surface area contributed by atoms with Crippen LogP contribution in [0.15, 0.2) is 83.4 Å². The van der Waals surface area contributed by atoms with E-state index in [4.69, 9.17) is 9.26 Å². The minimum absolute atomic E-state index is 0.00941. The molecule has 0 spiro atoms. The maximum Gasteiger partial charge on any atom is 0.311 e. The highest BCUT2D eigenvalue weighted by molar-refractivity contribution is 5.94. The highest BCUT2D eigenvalue weighted by Crippen LogP contribution is 2.18. The fraction of sp³-hybridized carbons (Fsp3) is 0.120. The molecule has 0 bridgehead atoms. The van der Waals surface area contributed by atoms with Crippen LogP contribution in [0.3, 0.4) is 0 Å². The summed E-state index contributed by atoms with van der Waals surface area (Å²) in [6, 6.07) is 21.7. The molecule has 0 fully saturated rings. The van der Waals surface area contributed by atoms with E-state index in [0.717, 1.165) is 5.56 Å². The topological polar surface area (TPSA) is 94.3 Å². The lowest BCUT2D eigenvalue weighted by atomic mass is 10.2. The number of carbonyl (C=O) groups excluding carboxylic acids is 2. The first-order chi connectivity index (χ1) is 16.1. The summed E-state index contributed by atoms with van der Waals surface area (Å²) in [5.74, 6) is -0.282. The molecule has 4 rings (SSSR count). The number of nitrogens with zero attached hydrogens (tertiary/aromatic N) is 2. The molecule has 166 valence electrons. The van der Waals surface area contributed by atoms with Gasteiger partial charge in [0.05, 0.1) is 6.42 Å². The van der Waals surface area contributed by atoms with Crippen LogP contribution in [0.4, 0.5) is 4.39 Å². The number of benzene rings is 3. The van der Waals surface area contributed by atoms with Gasteiger partial charge in [0.15, 0.2) is 0 Å².